The van der Waals surface area contributed by atoms with Crippen LogP contribution in [-0.2, 0) is 70.7 Å². The predicted molar refractivity (Wildman–Crippen MR) is 458 cm³/mol. The molecule has 1 saturated carbocycles. The fourth-order valence-corrected chi connectivity index (χ4v) is 17.2. The molecule has 2 aliphatic heterocycles. The largest absolute Gasteiger partial charge is 0.472 e. The van der Waals surface area contributed by atoms with Gasteiger partial charge in [0.05, 0.1) is 13.2 Å². The summed E-state index contributed by atoms with van der Waals surface area (Å²) in [6, 6.07) is 0. The van der Waals surface area contributed by atoms with E-state index in [2.05, 4.69) is 27.7 Å². The van der Waals surface area contributed by atoms with Crippen LogP contribution in [0.15, 0.2) is 0 Å². The smallest absolute Gasteiger partial charge is 0.463 e. The van der Waals surface area contributed by atoms with Gasteiger partial charge in [-0.3, -0.25) is 28.2 Å². The number of carbonyl (C=O) groups is 4. The van der Waals surface area contributed by atoms with E-state index in [1.807, 2.05) is 0 Å². The van der Waals surface area contributed by atoms with Crippen molar-refractivity contribution in [3.05, 3.63) is 0 Å². The highest BCUT2D eigenvalue weighted by atomic mass is 31.2. The molecular weight excluding hydrogens is 1540 g/mol. The Balaban J connectivity index is 1.90. The van der Waals surface area contributed by atoms with Gasteiger partial charge in [0.15, 0.2) is 24.8 Å². The maximum absolute atomic E-state index is 14.9. The van der Waals surface area contributed by atoms with Crippen molar-refractivity contribution in [2.75, 3.05) is 26.4 Å². The summed E-state index contributed by atoms with van der Waals surface area (Å²) in [4.78, 5) is 66.5. The Hall–Kier alpha value is -2.53. The first-order valence-electron chi connectivity index (χ1n) is 48.3. The van der Waals surface area contributed by atoms with Crippen molar-refractivity contribution in [1.82, 2.24) is 0 Å². The third-order valence-corrected chi connectivity index (χ3v) is 24.8. The minimum atomic E-state index is -5.80. The van der Waals surface area contributed by atoms with E-state index in [1.54, 1.807) is 0 Å². The normalized spacial score (nSPS) is 24.9. The Morgan fingerprint density at radius 1 is 0.305 bits per heavy atom. The van der Waals surface area contributed by atoms with Gasteiger partial charge < -0.3 is 88.7 Å². The predicted octanol–water partition coefficient (Wildman–Crippen LogP) is 18.2. The second-order valence-corrected chi connectivity index (χ2v) is 36.0. The summed E-state index contributed by atoms with van der Waals surface area (Å²) in [6.45, 7) is 5.65. The molecule has 18 atom stereocenters. The van der Waals surface area contributed by atoms with Crippen molar-refractivity contribution >= 4 is 31.7 Å². The number of esters is 4. The Kier molecular flexibility index (Phi) is 66.5. The van der Waals surface area contributed by atoms with E-state index in [-0.39, 0.29) is 25.7 Å². The van der Waals surface area contributed by atoms with Crippen molar-refractivity contribution in [2.24, 2.45) is 0 Å². The number of phosphoric ester groups is 1. The Morgan fingerprint density at radius 3 is 0.924 bits per heavy atom. The van der Waals surface area contributed by atoms with Gasteiger partial charge in [0.2, 0.25) is 0 Å². The van der Waals surface area contributed by atoms with E-state index in [1.165, 1.54) is 218 Å². The molecule has 18 unspecified atom stereocenters. The van der Waals surface area contributed by atoms with Gasteiger partial charge >= 0.3 is 31.7 Å². The van der Waals surface area contributed by atoms with Crippen LogP contribution in [0.25, 0.3) is 0 Å². The molecule has 0 spiro atoms. The molecule has 118 heavy (non-hydrogen) atoms. The number of aliphatic hydroxyl groups excluding tert-OH is 9. The highest BCUT2D eigenvalue weighted by Gasteiger charge is 2.60. The number of carbonyl (C=O) groups excluding carboxylic acids is 4. The molecule has 3 aliphatic rings. The zero-order valence-corrected chi connectivity index (χ0v) is 75.1. The maximum atomic E-state index is 14.9. The van der Waals surface area contributed by atoms with Gasteiger partial charge in [-0.15, -0.1) is 0 Å². The molecule has 696 valence electrons. The molecule has 26 heteroatoms. The van der Waals surface area contributed by atoms with Crippen LogP contribution in [0.2, 0.25) is 0 Å². The van der Waals surface area contributed by atoms with E-state index in [0.717, 1.165) is 128 Å². The molecule has 0 bridgehead atoms. The van der Waals surface area contributed by atoms with Crippen molar-refractivity contribution < 1.29 is 122 Å². The molecule has 2 saturated heterocycles. The number of unbranched alkanes of at least 4 members (excludes halogenated alkanes) is 55. The lowest BCUT2D eigenvalue weighted by Gasteiger charge is -2.50. The summed E-state index contributed by atoms with van der Waals surface area (Å²) in [5, 5.41) is 102. The monoisotopic (exact) mass is 1710 g/mol. The fraction of sp³-hybridized carbons (Fsp3) is 0.957. The summed E-state index contributed by atoms with van der Waals surface area (Å²) in [5.41, 5.74) is 0. The highest BCUT2D eigenvalue weighted by molar-refractivity contribution is 7.47. The van der Waals surface area contributed by atoms with Crippen molar-refractivity contribution in [1.29, 1.82) is 0 Å². The average Bonchev–Trinajstić information content (AvgIpc) is 0.755. The van der Waals surface area contributed by atoms with E-state index in [0.29, 0.717) is 32.1 Å². The van der Waals surface area contributed by atoms with Crippen molar-refractivity contribution in [3.63, 3.8) is 0 Å². The second-order valence-electron chi connectivity index (χ2n) is 34.6. The molecule has 10 N–H and O–H groups in total. The summed E-state index contributed by atoms with van der Waals surface area (Å²) < 4.78 is 73.5. The van der Waals surface area contributed by atoms with Crippen molar-refractivity contribution in [2.45, 2.75) is 536 Å². The molecular formula is C92H173O25P. The Bertz CT molecular complexity index is 2450. The molecule has 0 aromatic heterocycles. The van der Waals surface area contributed by atoms with Crippen LogP contribution in [-0.4, -0.2) is 205 Å². The Morgan fingerprint density at radius 2 is 0.585 bits per heavy atom. The van der Waals surface area contributed by atoms with E-state index in [9.17, 15) is 74.6 Å². The molecule has 2 heterocycles. The third kappa shape index (κ3) is 51.2. The van der Waals surface area contributed by atoms with Crippen LogP contribution in [0.1, 0.15) is 432 Å². The molecule has 0 amide bonds. The topological polar surface area (TPSA) is 380 Å². The quantitative estimate of drug-likeness (QED) is 0.0117. The summed E-state index contributed by atoms with van der Waals surface area (Å²) in [6.07, 6.45) is 29.4. The maximum Gasteiger partial charge on any atom is 0.472 e. The molecule has 0 aromatic rings. The highest BCUT2D eigenvalue weighted by Crippen LogP contribution is 2.49. The molecule has 3 rings (SSSR count). The van der Waals surface area contributed by atoms with Crippen LogP contribution in [0.4, 0.5) is 0 Å². The Labute approximate surface area is 712 Å². The zero-order chi connectivity index (χ0) is 86.1. The van der Waals surface area contributed by atoms with Gasteiger partial charge in [-0.25, -0.2) is 4.57 Å². The fourth-order valence-electron chi connectivity index (χ4n) is 16.2. The molecule has 0 aromatic carbocycles. The molecule has 1 aliphatic carbocycles. The van der Waals surface area contributed by atoms with Gasteiger partial charge in [0, 0.05) is 25.7 Å². The SMILES string of the molecule is CCCCCCCCCCCCCCCCCCC(=O)OC(COC(=O)CCCCCCCCCCCCCCCCC)COP(=O)(O)OC1C(OC2OC(CO)C(O)C(O)C2O)C(O)C(O)C(OC(=O)CCCCCCCCCCCCCCC)C1OC1OC(COC(=O)CCCCCCCCCCCCCCCCC)C(O)C(O)C1O. The van der Waals surface area contributed by atoms with Gasteiger partial charge in [-0.05, 0) is 25.7 Å². The van der Waals surface area contributed by atoms with Gasteiger partial charge in [0.25, 0.3) is 0 Å². The summed E-state index contributed by atoms with van der Waals surface area (Å²) in [5.74, 6) is -2.94. The second kappa shape index (κ2) is 71.6. The lowest BCUT2D eigenvalue weighted by molar-refractivity contribution is -0.360. The van der Waals surface area contributed by atoms with Gasteiger partial charge in [0.1, 0.15) is 92.6 Å². The number of rotatable bonds is 79. The van der Waals surface area contributed by atoms with Gasteiger partial charge in [-0.2, -0.15) is 0 Å². The summed E-state index contributed by atoms with van der Waals surface area (Å²) >= 11 is 0. The minimum absolute atomic E-state index is 0.0203. The summed E-state index contributed by atoms with van der Waals surface area (Å²) in [7, 11) is -5.80. The first kappa shape index (κ1) is 110. The number of aliphatic hydroxyl groups is 9. The minimum Gasteiger partial charge on any atom is -0.463 e. The van der Waals surface area contributed by atoms with Crippen LogP contribution in [0.3, 0.4) is 0 Å². The van der Waals surface area contributed by atoms with Gasteiger partial charge in [-0.1, -0.05) is 381 Å². The third-order valence-electron chi connectivity index (χ3n) is 23.9. The first-order valence-corrected chi connectivity index (χ1v) is 49.8. The van der Waals surface area contributed by atoms with Crippen LogP contribution >= 0.6 is 7.82 Å². The van der Waals surface area contributed by atoms with Crippen LogP contribution in [0, 0.1) is 0 Å². The lowest BCUT2D eigenvalue weighted by atomic mass is 9.84. The first-order chi connectivity index (χ1) is 57.2. The molecule has 25 nitrogen and oxygen atoms in total. The molecule has 0 radical (unpaired) electrons. The number of hydrogen-bond acceptors (Lipinski definition) is 24. The van der Waals surface area contributed by atoms with Crippen LogP contribution in [0.5, 0.6) is 0 Å². The van der Waals surface area contributed by atoms with E-state index in [4.69, 9.17) is 46.9 Å². The van der Waals surface area contributed by atoms with Crippen molar-refractivity contribution in [3.8, 4) is 0 Å². The number of phosphoric acid groups is 1. The molecule has 3 fully saturated rings. The standard InChI is InChI=1S/C92H173O25P/c1-5-9-13-17-21-25-29-33-36-39-43-47-50-54-58-62-66-77(96)111-72(69-108-75(94)64-60-56-52-48-44-41-37-34-30-26-22-18-14-10-6-2)70-110-118(106,107)117-90-88(115-91-85(104)81(100)79(98)73(68-93)112-91)84(103)83(102)87(114-78(97)67-63-59-55-51-46-40-32-28-24-20-16-12-8-4)89(90)116-92-86(105)82(101)80(99)74(113-92)71-109-76(95)65-61-57-53-49-45-42-38-35-31-27-23-19-15-11-7-3/h72-74,79-93,98-105H,5-71H2,1-4H3,(H,106,107). The number of hydrogen-bond donors (Lipinski definition) is 10. The van der Waals surface area contributed by atoms with E-state index < -0.39 is 162 Å². The number of ether oxygens (including phenoxy) is 8. The average molecular weight is 1710 g/mol. The zero-order valence-electron chi connectivity index (χ0n) is 74.2. The van der Waals surface area contributed by atoms with E-state index >= 15 is 0 Å². The van der Waals surface area contributed by atoms with Crippen LogP contribution < -0.4 is 0 Å². The lowest BCUT2D eigenvalue weighted by Crippen LogP contribution is -2.70.